The lowest BCUT2D eigenvalue weighted by atomic mass is 9.80. The maximum Gasteiger partial charge on any atom is 0.0967 e. The third kappa shape index (κ3) is 6.61. The maximum absolute atomic E-state index is 6.61. The molecule has 0 bridgehead atoms. The zero-order valence-electron chi connectivity index (χ0n) is 35.9. The van der Waals surface area contributed by atoms with Crippen LogP contribution in [-0.4, -0.2) is 0 Å². The van der Waals surface area contributed by atoms with Gasteiger partial charge >= 0.3 is 0 Å². The van der Waals surface area contributed by atoms with Gasteiger partial charge in [-0.15, -0.1) is 6.42 Å². The summed E-state index contributed by atoms with van der Waals surface area (Å²) in [6.45, 7) is 9.04. The molecule has 0 aliphatic carbocycles. The minimum absolute atomic E-state index is 0.261. The minimum Gasteiger partial charge on any atom is -0.301 e. The van der Waals surface area contributed by atoms with Crippen LogP contribution in [0.2, 0.25) is 0 Å². The van der Waals surface area contributed by atoms with E-state index in [1.807, 2.05) is 0 Å². The highest BCUT2D eigenvalue weighted by atomic mass is 15.2. The predicted octanol–water partition coefficient (Wildman–Crippen LogP) is 16.9. The first kappa shape index (κ1) is 38.8. The molecule has 10 aromatic carbocycles. The van der Waals surface area contributed by atoms with Crippen LogP contribution in [0.15, 0.2) is 205 Å². The summed E-state index contributed by atoms with van der Waals surface area (Å²) >= 11 is 0. The fourth-order valence-corrected chi connectivity index (χ4v) is 9.84. The molecule has 0 spiro atoms. The van der Waals surface area contributed by atoms with Crippen LogP contribution in [0.4, 0.5) is 11.4 Å². The zero-order valence-corrected chi connectivity index (χ0v) is 35.9. The van der Waals surface area contributed by atoms with Crippen molar-refractivity contribution in [1.82, 2.24) is 0 Å². The van der Waals surface area contributed by atoms with Crippen molar-refractivity contribution in [3.05, 3.63) is 217 Å². The first-order valence-corrected chi connectivity index (χ1v) is 21.9. The number of anilines is 2. The van der Waals surface area contributed by atoms with Crippen LogP contribution in [0.3, 0.4) is 0 Å². The van der Waals surface area contributed by atoms with Gasteiger partial charge in [0, 0.05) is 16.2 Å². The Balaban J connectivity index is 1.29. The number of nitrogens with zero attached hydrogens (tertiary/aromatic N) is 1. The molecule has 0 fully saturated rings. The van der Waals surface area contributed by atoms with Crippen molar-refractivity contribution in [2.24, 2.45) is 5.92 Å². The molecule has 0 heterocycles. The minimum atomic E-state index is 0.261. The average Bonchev–Trinajstić information content (AvgIpc) is 3.31. The Labute approximate surface area is 365 Å². The third-order valence-corrected chi connectivity index (χ3v) is 13.1. The third-order valence-electron chi connectivity index (χ3n) is 13.1. The summed E-state index contributed by atoms with van der Waals surface area (Å²) in [4.78, 5) is 2.34. The van der Waals surface area contributed by atoms with Gasteiger partial charge in [0.05, 0.1) is 17.1 Å². The summed E-state index contributed by atoms with van der Waals surface area (Å²) in [7, 11) is 0. The molecule has 0 aliphatic rings. The zero-order chi connectivity index (χ0) is 42.3. The molecule has 62 heavy (non-hydrogen) atoms. The molecule has 1 heteroatoms. The first-order valence-electron chi connectivity index (χ1n) is 21.9. The Morgan fingerprint density at radius 1 is 0.484 bits per heavy atom. The Hall–Kier alpha value is -7.40. The molecule has 1 nitrogen and oxygen atoms in total. The molecule has 1 unspecified atom stereocenters. The van der Waals surface area contributed by atoms with Gasteiger partial charge in [-0.2, -0.15) is 0 Å². The second kappa shape index (κ2) is 16.2. The van der Waals surface area contributed by atoms with Gasteiger partial charge < -0.3 is 4.90 Å². The molecule has 10 aromatic rings. The smallest absolute Gasteiger partial charge is 0.0967 e. The number of hydrogen-bond acceptors (Lipinski definition) is 1. The lowest BCUT2D eigenvalue weighted by Gasteiger charge is -2.30. The normalized spacial score (nSPS) is 12.8. The van der Waals surface area contributed by atoms with E-state index in [-0.39, 0.29) is 5.92 Å². The van der Waals surface area contributed by atoms with Gasteiger partial charge in [-0.25, -0.2) is 0 Å². The van der Waals surface area contributed by atoms with Crippen molar-refractivity contribution < 1.29 is 0 Å². The molecule has 1 atom stereocenters. The van der Waals surface area contributed by atoms with Crippen molar-refractivity contribution in [1.29, 1.82) is 0 Å². The van der Waals surface area contributed by atoms with Gasteiger partial charge in [-0.05, 0) is 108 Å². The van der Waals surface area contributed by atoms with E-state index in [0.29, 0.717) is 5.92 Å². The number of benzene rings is 10. The van der Waals surface area contributed by atoms with E-state index in [2.05, 4.69) is 233 Å². The summed E-state index contributed by atoms with van der Waals surface area (Å²) < 4.78 is 0. The Morgan fingerprint density at radius 3 is 1.44 bits per heavy atom. The fourth-order valence-electron chi connectivity index (χ4n) is 9.84. The number of rotatable bonds is 9. The maximum atomic E-state index is 6.61. The highest BCUT2D eigenvalue weighted by Gasteiger charge is 2.27. The van der Waals surface area contributed by atoms with Crippen LogP contribution in [-0.2, 0) is 6.42 Å². The van der Waals surface area contributed by atoms with Gasteiger partial charge in [-0.1, -0.05) is 214 Å². The van der Waals surface area contributed by atoms with Crippen molar-refractivity contribution in [2.45, 2.75) is 40.0 Å². The molecule has 0 saturated heterocycles. The monoisotopic (exact) mass is 795 g/mol. The molecular weight excluding hydrogens is 747 g/mol. The summed E-state index contributed by atoms with van der Waals surface area (Å²) in [5.41, 5.74) is 9.45. The molecule has 0 saturated carbocycles. The van der Waals surface area contributed by atoms with Gasteiger partial charge in [0.25, 0.3) is 0 Å². The Morgan fingerprint density at radius 2 is 0.903 bits per heavy atom. The molecule has 0 aromatic heterocycles. The lowest BCUT2D eigenvalue weighted by molar-refractivity contribution is 0.769. The van der Waals surface area contributed by atoms with Crippen molar-refractivity contribution >= 4 is 76.0 Å². The largest absolute Gasteiger partial charge is 0.301 e. The standard InChI is InChI=1S/C61H49N/c1-6-46(38-37-41(4)40(2)3)62(57-36-20-24-44-22-8-10-27-48(44)57)61-55-34-17-15-32-53(55)60(54-33-16-18-35-56(54)61)59-51-30-13-11-28-49(51)58(50-29-12-14-31-52(50)59)42(5)39-45-25-19-23-43-21-7-9-26-47(43)45/h1,7-38,40,42H,39H2,2-5H3/b41-37+,46-38+. The van der Waals surface area contributed by atoms with E-state index in [1.165, 1.54) is 76.3 Å². The van der Waals surface area contributed by atoms with Crippen LogP contribution >= 0.6 is 0 Å². The molecule has 0 amide bonds. The Bertz CT molecular complexity index is 3340. The van der Waals surface area contributed by atoms with E-state index >= 15 is 0 Å². The molecule has 0 radical (unpaired) electrons. The summed E-state index contributed by atoms with van der Waals surface area (Å²) in [6.07, 6.45) is 11.9. The summed E-state index contributed by atoms with van der Waals surface area (Å²) in [6, 6.07) is 66.8. The summed E-state index contributed by atoms with van der Waals surface area (Å²) in [5.74, 6) is 3.83. The van der Waals surface area contributed by atoms with E-state index in [1.54, 1.807) is 0 Å². The lowest BCUT2D eigenvalue weighted by Crippen LogP contribution is -2.17. The highest BCUT2D eigenvalue weighted by Crippen LogP contribution is 2.51. The molecule has 298 valence electrons. The predicted molar refractivity (Wildman–Crippen MR) is 270 cm³/mol. The van der Waals surface area contributed by atoms with Crippen LogP contribution in [0, 0.1) is 18.3 Å². The number of terminal acetylenes is 1. The number of fused-ring (bicyclic) bond motifs is 6. The van der Waals surface area contributed by atoms with Crippen LogP contribution in [0.1, 0.15) is 44.7 Å². The molecule has 0 aliphatic heterocycles. The van der Waals surface area contributed by atoms with Crippen LogP contribution < -0.4 is 4.90 Å². The van der Waals surface area contributed by atoms with Gasteiger partial charge in [0.2, 0.25) is 0 Å². The van der Waals surface area contributed by atoms with Crippen LogP contribution in [0.5, 0.6) is 0 Å². The van der Waals surface area contributed by atoms with E-state index in [9.17, 15) is 0 Å². The molecular formula is C61H49N. The van der Waals surface area contributed by atoms with Crippen molar-refractivity contribution in [3.63, 3.8) is 0 Å². The van der Waals surface area contributed by atoms with Crippen LogP contribution in [0.25, 0.3) is 75.8 Å². The second-order valence-electron chi connectivity index (χ2n) is 17.0. The fraction of sp³-hybridized carbons (Fsp3) is 0.115. The van der Waals surface area contributed by atoms with Crippen molar-refractivity contribution in [3.8, 4) is 23.5 Å². The Kier molecular flexibility index (Phi) is 10.1. The van der Waals surface area contributed by atoms with E-state index in [4.69, 9.17) is 6.42 Å². The van der Waals surface area contributed by atoms with Gasteiger partial charge in [-0.3, -0.25) is 0 Å². The average molecular weight is 796 g/mol. The van der Waals surface area contributed by atoms with Crippen molar-refractivity contribution in [2.75, 3.05) is 4.90 Å². The number of hydrogen-bond donors (Lipinski definition) is 0. The molecule has 0 N–H and O–H groups in total. The second-order valence-corrected chi connectivity index (χ2v) is 17.0. The SMILES string of the molecule is C#C/C(=C\C=C(/C)C(C)C)N(c1cccc2ccccc12)c1c2ccccc2c(-c2c3ccccc3c(C(C)Cc3cccc4ccccc34)c3ccccc23)c2ccccc12. The van der Waals surface area contributed by atoms with E-state index in [0.717, 1.165) is 39.7 Å². The number of allylic oxidation sites excluding steroid dienone is 4. The van der Waals surface area contributed by atoms with E-state index < -0.39 is 0 Å². The van der Waals surface area contributed by atoms with Gasteiger partial charge in [0.1, 0.15) is 0 Å². The van der Waals surface area contributed by atoms with Gasteiger partial charge in [0.15, 0.2) is 0 Å². The topological polar surface area (TPSA) is 3.24 Å². The quantitative estimate of drug-likeness (QED) is 0.0799. The first-order chi connectivity index (χ1) is 30.4. The molecule has 10 rings (SSSR count). The summed E-state index contributed by atoms with van der Waals surface area (Å²) in [5, 5.41) is 14.7. The highest BCUT2D eigenvalue weighted by molar-refractivity contribution is 6.28.